The summed E-state index contributed by atoms with van der Waals surface area (Å²) in [6, 6.07) is 11.3. The minimum atomic E-state index is -0.940. The number of aliphatic hydroxyl groups is 2. The average molecular weight is 532 g/mol. The zero-order chi connectivity index (χ0) is 25.9. The minimum absolute atomic E-state index is 0.135. The van der Waals surface area contributed by atoms with Gasteiger partial charge in [0.05, 0.1) is 27.0 Å². The van der Waals surface area contributed by atoms with Gasteiger partial charge in [0.15, 0.2) is 6.35 Å². The van der Waals surface area contributed by atoms with Crippen molar-refractivity contribution in [2.45, 2.75) is 32.0 Å². The lowest BCUT2D eigenvalue weighted by Gasteiger charge is -2.33. The number of aliphatic hydroxyl groups excluding tert-OH is 2. The first kappa shape index (κ1) is 26.4. The van der Waals surface area contributed by atoms with Crippen LogP contribution in [0.1, 0.15) is 13.8 Å². The zero-order valence-corrected chi connectivity index (χ0v) is 21.8. The van der Waals surface area contributed by atoms with E-state index in [0.717, 1.165) is 16.0 Å². The number of nitrogens with one attached hydrogen (secondary N) is 4. The molecule has 1 aliphatic heterocycles. The molecule has 3 heterocycles. The molecule has 192 valence electrons. The molecule has 2 unspecified atom stereocenters. The van der Waals surface area contributed by atoms with E-state index in [-0.39, 0.29) is 12.5 Å². The Morgan fingerprint density at radius 2 is 2.08 bits per heavy atom. The number of anilines is 2. The van der Waals surface area contributed by atoms with Crippen LogP contribution in [-0.2, 0) is 4.79 Å². The predicted molar refractivity (Wildman–Crippen MR) is 143 cm³/mol. The van der Waals surface area contributed by atoms with Crippen molar-refractivity contribution in [3.8, 4) is 21.7 Å². The first-order valence-electron chi connectivity index (χ1n) is 11.5. The maximum Gasteiger partial charge on any atom is 0.238 e. The van der Waals surface area contributed by atoms with Crippen molar-refractivity contribution in [1.82, 2.24) is 25.5 Å². The van der Waals surface area contributed by atoms with Crippen molar-refractivity contribution in [3.05, 3.63) is 46.9 Å². The highest BCUT2D eigenvalue weighted by molar-refractivity contribution is 7.19. The fraction of sp³-hybridized carbons (Fsp3) is 0.375. The Bertz CT molecular complexity index is 1220. The standard InChI is InChI=1S/C24H30ClN7O3S/c1-24(2)21(34)31-23(35)32(24)10-9-27-22-28-12-16(20(30-22)17-7-8-18(25)36-17)14-5-4-6-15(11-14)29-19(33)13-26-3/h4-8,11-12,21,23,26,31,34-35H,9-10,13H2,1-3H3,(H,29,33)(H,27,28,30). The van der Waals surface area contributed by atoms with Crippen LogP contribution in [-0.4, -0.2) is 75.8 Å². The number of thiophene rings is 1. The molecule has 1 aromatic carbocycles. The molecule has 1 amide bonds. The average Bonchev–Trinajstić information content (AvgIpc) is 3.35. The van der Waals surface area contributed by atoms with Crippen molar-refractivity contribution >= 4 is 40.5 Å². The summed E-state index contributed by atoms with van der Waals surface area (Å²) in [6.45, 7) is 4.84. The molecular weight excluding hydrogens is 502 g/mol. The number of benzene rings is 1. The molecule has 1 aliphatic rings. The molecule has 2 aromatic heterocycles. The van der Waals surface area contributed by atoms with E-state index in [9.17, 15) is 15.0 Å². The van der Waals surface area contributed by atoms with Gasteiger partial charge in [-0.3, -0.25) is 15.0 Å². The summed E-state index contributed by atoms with van der Waals surface area (Å²) in [5.41, 5.74) is 2.41. The number of rotatable bonds is 9. The molecule has 1 saturated heterocycles. The quantitative estimate of drug-likeness (QED) is 0.246. The fourth-order valence-electron chi connectivity index (χ4n) is 4.04. The molecule has 0 saturated carbocycles. The summed E-state index contributed by atoms with van der Waals surface area (Å²) in [5.74, 6) is 0.293. The lowest BCUT2D eigenvalue weighted by Crippen LogP contribution is -2.49. The van der Waals surface area contributed by atoms with Crippen LogP contribution in [0.3, 0.4) is 0 Å². The van der Waals surface area contributed by atoms with Gasteiger partial charge in [-0.05, 0) is 50.7 Å². The van der Waals surface area contributed by atoms with Crippen LogP contribution in [0, 0.1) is 0 Å². The minimum Gasteiger partial charge on any atom is -0.377 e. The van der Waals surface area contributed by atoms with Crippen molar-refractivity contribution in [2.75, 3.05) is 37.3 Å². The van der Waals surface area contributed by atoms with Gasteiger partial charge in [-0.2, -0.15) is 0 Å². The van der Waals surface area contributed by atoms with Crippen LogP contribution in [0.5, 0.6) is 0 Å². The zero-order valence-electron chi connectivity index (χ0n) is 20.2. The Kier molecular flexibility index (Phi) is 8.20. The summed E-state index contributed by atoms with van der Waals surface area (Å²) >= 11 is 7.64. The highest BCUT2D eigenvalue weighted by Crippen LogP contribution is 2.37. The molecule has 0 aliphatic carbocycles. The van der Waals surface area contributed by atoms with Gasteiger partial charge in [0.25, 0.3) is 0 Å². The Labute approximate surface area is 218 Å². The highest BCUT2D eigenvalue weighted by Gasteiger charge is 2.45. The molecule has 3 aromatic rings. The van der Waals surface area contributed by atoms with E-state index in [1.165, 1.54) is 11.3 Å². The summed E-state index contributed by atoms with van der Waals surface area (Å²) in [5, 5.41) is 32.0. The molecule has 4 rings (SSSR count). The van der Waals surface area contributed by atoms with E-state index in [0.29, 0.717) is 34.8 Å². The Hall–Kier alpha value is -2.64. The van der Waals surface area contributed by atoms with Crippen LogP contribution in [0.15, 0.2) is 42.6 Å². The number of halogens is 1. The number of carbonyl (C=O) groups is 1. The summed E-state index contributed by atoms with van der Waals surface area (Å²) < 4.78 is 0.647. The van der Waals surface area contributed by atoms with E-state index in [1.54, 1.807) is 18.1 Å². The third-order valence-corrected chi connectivity index (χ3v) is 7.28. The van der Waals surface area contributed by atoms with Crippen molar-refractivity contribution in [2.24, 2.45) is 0 Å². The molecule has 6 N–H and O–H groups in total. The number of nitrogens with zero attached hydrogens (tertiary/aromatic N) is 3. The molecule has 10 nitrogen and oxygen atoms in total. The maximum atomic E-state index is 12.0. The monoisotopic (exact) mass is 531 g/mol. The van der Waals surface area contributed by atoms with E-state index >= 15 is 0 Å². The fourth-order valence-corrected chi connectivity index (χ4v) is 5.09. The van der Waals surface area contributed by atoms with Crippen LogP contribution in [0.2, 0.25) is 4.34 Å². The van der Waals surface area contributed by atoms with Gasteiger partial charge in [0.1, 0.15) is 6.23 Å². The lowest BCUT2D eigenvalue weighted by molar-refractivity contribution is -0.115. The maximum absolute atomic E-state index is 12.0. The Morgan fingerprint density at radius 1 is 1.28 bits per heavy atom. The van der Waals surface area contributed by atoms with Gasteiger partial charge in [-0.1, -0.05) is 23.7 Å². The Balaban J connectivity index is 1.57. The van der Waals surface area contributed by atoms with Gasteiger partial charge in [-0.25, -0.2) is 9.97 Å². The first-order chi connectivity index (χ1) is 17.2. The SMILES string of the molecule is CNCC(=O)Nc1cccc(-c2cnc(NCCN3C(O)NC(O)C3(C)C)nc2-c2ccc(Cl)s2)c1. The van der Waals surface area contributed by atoms with Crippen LogP contribution >= 0.6 is 22.9 Å². The predicted octanol–water partition coefficient (Wildman–Crippen LogP) is 2.37. The second-order valence-corrected chi connectivity index (χ2v) is 10.7. The molecule has 12 heteroatoms. The van der Waals surface area contributed by atoms with E-state index in [1.807, 2.05) is 50.2 Å². The molecular formula is C24H30ClN7O3S. The van der Waals surface area contributed by atoms with Gasteiger partial charge in [0, 0.05) is 30.5 Å². The Morgan fingerprint density at radius 3 is 2.75 bits per heavy atom. The van der Waals surface area contributed by atoms with E-state index in [4.69, 9.17) is 16.6 Å². The molecule has 1 fully saturated rings. The summed E-state index contributed by atoms with van der Waals surface area (Å²) in [6.07, 6.45) is -0.0333. The normalized spacial score (nSPS) is 19.4. The summed E-state index contributed by atoms with van der Waals surface area (Å²) in [4.78, 5) is 23.9. The number of hydrogen-bond donors (Lipinski definition) is 6. The topological polar surface area (TPSA) is 135 Å². The van der Waals surface area contributed by atoms with E-state index in [2.05, 4.69) is 26.3 Å². The van der Waals surface area contributed by atoms with Crippen molar-refractivity contribution in [3.63, 3.8) is 0 Å². The van der Waals surface area contributed by atoms with Crippen LogP contribution in [0.4, 0.5) is 11.6 Å². The number of likely N-dealkylation sites (N-methyl/N-ethyl adjacent to an activating group) is 1. The third kappa shape index (κ3) is 5.84. The van der Waals surface area contributed by atoms with Crippen molar-refractivity contribution < 1.29 is 15.0 Å². The van der Waals surface area contributed by atoms with Crippen LogP contribution in [0.25, 0.3) is 21.7 Å². The van der Waals surface area contributed by atoms with Gasteiger partial charge < -0.3 is 26.2 Å². The van der Waals surface area contributed by atoms with Gasteiger partial charge >= 0.3 is 0 Å². The van der Waals surface area contributed by atoms with Crippen LogP contribution < -0.4 is 21.3 Å². The number of amides is 1. The molecule has 2 atom stereocenters. The number of hydrogen-bond acceptors (Lipinski definition) is 10. The van der Waals surface area contributed by atoms with E-state index < -0.39 is 18.1 Å². The second-order valence-electron chi connectivity index (χ2n) is 8.94. The smallest absolute Gasteiger partial charge is 0.238 e. The van der Waals surface area contributed by atoms with Gasteiger partial charge in [0.2, 0.25) is 11.9 Å². The molecule has 0 bridgehead atoms. The number of aromatic nitrogens is 2. The summed E-state index contributed by atoms with van der Waals surface area (Å²) in [7, 11) is 1.72. The molecule has 0 spiro atoms. The largest absolute Gasteiger partial charge is 0.377 e. The molecule has 36 heavy (non-hydrogen) atoms. The molecule has 0 radical (unpaired) electrons. The number of carbonyl (C=O) groups excluding carboxylic acids is 1. The van der Waals surface area contributed by atoms with Gasteiger partial charge in [-0.15, -0.1) is 11.3 Å². The lowest BCUT2D eigenvalue weighted by atomic mass is 10.0. The van der Waals surface area contributed by atoms with Crippen molar-refractivity contribution in [1.29, 1.82) is 0 Å². The second kappa shape index (κ2) is 11.2. The highest BCUT2D eigenvalue weighted by atomic mass is 35.5. The first-order valence-corrected chi connectivity index (χ1v) is 12.7. The third-order valence-electron chi connectivity index (χ3n) is 6.04.